The minimum absolute atomic E-state index is 0.221. The Morgan fingerprint density at radius 2 is 2.50 bits per heavy atom. The number of aromatic nitrogens is 1. The lowest BCUT2D eigenvalue weighted by Gasteiger charge is -2.07. The van der Waals surface area contributed by atoms with E-state index in [0.717, 1.165) is 4.88 Å². The van der Waals surface area contributed by atoms with Crippen LogP contribution in [0.3, 0.4) is 0 Å². The van der Waals surface area contributed by atoms with E-state index < -0.39 is 6.10 Å². The van der Waals surface area contributed by atoms with E-state index in [4.69, 9.17) is 0 Å². The van der Waals surface area contributed by atoms with E-state index in [9.17, 15) is 9.90 Å². The van der Waals surface area contributed by atoms with Crippen molar-refractivity contribution in [1.29, 1.82) is 0 Å². The number of aliphatic hydroxyl groups excluding tert-OH is 1. The summed E-state index contributed by atoms with van der Waals surface area (Å²) in [5.41, 5.74) is 0.427. The lowest BCUT2D eigenvalue weighted by molar-refractivity contribution is 0.0910. The van der Waals surface area contributed by atoms with Crippen LogP contribution >= 0.6 is 11.5 Å². The third kappa shape index (κ3) is 3.08. The molecule has 0 fully saturated rings. The van der Waals surface area contributed by atoms with Crippen LogP contribution < -0.4 is 5.32 Å². The largest absolute Gasteiger partial charge is 0.391 e. The number of amides is 1. The highest BCUT2D eigenvalue weighted by atomic mass is 32.1. The molecule has 1 rings (SSSR count). The van der Waals surface area contributed by atoms with Gasteiger partial charge in [0.2, 0.25) is 0 Å². The Bertz CT molecular complexity index is 312. The molecule has 1 aromatic heterocycles. The number of hydrogen-bond donors (Lipinski definition) is 2. The van der Waals surface area contributed by atoms with Gasteiger partial charge in [0.15, 0.2) is 0 Å². The maximum Gasteiger partial charge on any atom is 0.271 e. The predicted molar refractivity (Wildman–Crippen MR) is 55.5 cm³/mol. The van der Waals surface area contributed by atoms with Crippen molar-refractivity contribution in [2.45, 2.75) is 26.4 Å². The minimum Gasteiger partial charge on any atom is -0.391 e. The van der Waals surface area contributed by atoms with E-state index in [2.05, 4.69) is 9.69 Å². The first-order valence-electron chi connectivity index (χ1n) is 4.53. The average Bonchev–Trinajstić information content (AvgIpc) is 2.60. The Kier molecular flexibility index (Phi) is 4.03. The van der Waals surface area contributed by atoms with Crippen molar-refractivity contribution < 1.29 is 9.90 Å². The number of aryl methyl sites for hydroxylation is 1. The topological polar surface area (TPSA) is 62.2 Å². The Hall–Kier alpha value is -0.940. The molecule has 0 radical (unpaired) electrons. The van der Waals surface area contributed by atoms with Crippen LogP contribution in [0.5, 0.6) is 0 Å². The van der Waals surface area contributed by atoms with E-state index in [-0.39, 0.29) is 12.5 Å². The van der Waals surface area contributed by atoms with Crippen LogP contribution in [-0.4, -0.2) is 28.0 Å². The van der Waals surface area contributed by atoms with E-state index >= 15 is 0 Å². The molecule has 0 aliphatic carbocycles. The molecular weight excluding hydrogens is 200 g/mol. The lowest BCUT2D eigenvalue weighted by atomic mass is 10.3. The number of carbonyl (C=O) groups excluding carboxylic acids is 1. The summed E-state index contributed by atoms with van der Waals surface area (Å²) in [6.07, 6.45) is 0.162. The zero-order chi connectivity index (χ0) is 10.6. The summed E-state index contributed by atoms with van der Waals surface area (Å²) in [6.45, 7) is 4.05. The van der Waals surface area contributed by atoms with Crippen molar-refractivity contribution >= 4 is 17.4 Å². The fraction of sp³-hybridized carbons (Fsp3) is 0.556. The van der Waals surface area contributed by atoms with Crippen LogP contribution in [0.1, 0.15) is 28.7 Å². The van der Waals surface area contributed by atoms with Crippen LogP contribution in [0.15, 0.2) is 6.07 Å². The number of nitrogens with one attached hydrogen (secondary N) is 1. The number of aliphatic hydroxyl groups is 1. The molecule has 2 N–H and O–H groups in total. The molecule has 0 aliphatic rings. The molecule has 5 heteroatoms. The first-order chi connectivity index (χ1) is 6.63. The fourth-order valence-corrected chi connectivity index (χ4v) is 1.46. The number of rotatable bonds is 4. The number of hydrogen-bond acceptors (Lipinski definition) is 4. The number of carbonyl (C=O) groups is 1. The first-order valence-corrected chi connectivity index (χ1v) is 5.30. The van der Waals surface area contributed by atoms with Crippen LogP contribution in [0.4, 0.5) is 0 Å². The van der Waals surface area contributed by atoms with E-state index in [1.165, 1.54) is 11.5 Å². The summed E-state index contributed by atoms with van der Waals surface area (Å²) in [5, 5.41) is 11.8. The first kappa shape index (κ1) is 11.1. The van der Waals surface area contributed by atoms with Crippen molar-refractivity contribution in [1.82, 2.24) is 9.69 Å². The second-order valence-electron chi connectivity index (χ2n) is 3.09. The van der Waals surface area contributed by atoms with Gasteiger partial charge in [-0.25, -0.2) is 0 Å². The third-order valence-electron chi connectivity index (χ3n) is 1.83. The minimum atomic E-state index is -0.473. The van der Waals surface area contributed by atoms with Gasteiger partial charge in [0.25, 0.3) is 5.91 Å². The van der Waals surface area contributed by atoms with Crippen molar-refractivity contribution in [3.63, 3.8) is 0 Å². The van der Waals surface area contributed by atoms with Gasteiger partial charge in [-0.15, -0.1) is 0 Å². The molecule has 1 heterocycles. The highest BCUT2D eigenvalue weighted by Gasteiger charge is 2.10. The quantitative estimate of drug-likeness (QED) is 0.784. The summed E-state index contributed by atoms with van der Waals surface area (Å²) in [7, 11) is 0. The molecule has 0 saturated carbocycles. The molecule has 4 nitrogen and oxygen atoms in total. The SMILES string of the molecule is CCC(O)CNC(=O)c1cc(C)sn1. The number of nitrogens with zero attached hydrogens (tertiary/aromatic N) is 1. The van der Waals surface area contributed by atoms with Crippen LogP contribution in [0.25, 0.3) is 0 Å². The molecule has 1 aromatic rings. The van der Waals surface area contributed by atoms with Crippen molar-refractivity contribution in [3.05, 3.63) is 16.6 Å². The fourth-order valence-electron chi connectivity index (χ4n) is 0.919. The lowest BCUT2D eigenvalue weighted by Crippen LogP contribution is -2.31. The molecule has 14 heavy (non-hydrogen) atoms. The van der Waals surface area contributed by atoms with Gasteiger partial charge in [-0.2, -0.15) is 4.37 Å². The van der Waals surface area contributed by atoms with E-state index in [0.29, 0.717) is 12.1 Å². The molecule has 78 valence electrons. The highest BCUT2D eigenvalue weighted by Crippen LogP contribution is 2.07. The molecule has 1 amide bonds. The summed E-state index contributed by atoms with van der Waals surface area (Å²) in [5.74, 6) is -0.221. The maximum atomic E-state index is 11.4. The molecule has 0 spiro atoms. The Morgan fingerprint density at radius 3 is 3.00 bits per heavy atom. The summed E-state index contributed by atoms with van der Waals surface area (Å²) >= 11 is 1.30. The van der Waals surface area contributed by atoms with Crippen LogP contribution in [-0.2, 0) is 0 Å². The Labute approximate surface area is 87.1 Å². The van der Waals surface area contributed by atoms with Crippen molar-refractivity contribution in [2.24, 2.45) is 0 Å². The summed E-state index contributed by atoms with van der Waals surface area (Å²) in [6, 6.07) is 1.73. The summed E-state index contributed by atoms with van der Waals surface area (Å²) in [4.78, 5) is 12.4. The smallest absolute Gasteiger partial charge is 0.271 e. The van der Waals surface area contributed by atoms with Crippen LogP contribution in [0.2, 0.25) is 0 Å². The molecule has 0 bridgehead atoms. The van der Waals surface area contributed by atoms with Gasteiger partial charge < -0.3 is 10.4 Å². The van der Waals surface area contributed by atoms with E-state index in [1.54, 1.807) is 6.07 Å². The van der Waals surface area contributed by atoms with Crippen LogP contribution in [0, 0.1) is 6.92 Å². The van der Waals surface area contributed by atoms with Gasteiger partial charge in [-0.3, -0.25) is 4.79 Å². The van der Waals surface area contributed by atoms with Gasteiger partial charge >= 0.3 is 0 Å². The molecule has 1 atom stereocenters. The third-order valence-corrected chi connectivity index (χ3v) is 2.52. The van der Waals surface area contributed by atoms with E-state index in [1.807, 2.05) is 13.8 Å². The predicted octanol–water partition coefficient (Wildman–Crippen LogP) is 0.952. The van der Waals surface area contributed by atoms with Crippen molar-refractivity contribution in [2.75, 3.05) is 6.54 Å². The highest BCUT2D eigenvalue weighted by molar-refractivity contribution is 7.05. The zero-order valence-electron chi connectivity index (χ0n) is 8.28. The average molecular weight is 214 g/mol. The monoisotopic (exact) mass is 214 g/mol. The molecule has 1 unspecified atom stereocenters. The summed E-state index contributed by atoms with van der Waals surface area (Å²) < 4.78 is 3.97. The zero-order valence-corrected chi connectivity index (χ0v) is 9.10. The van der Waals surface area contributed by atoms with Crippen molar-refractivity contribution in [3.8, 4) is 0 Å². The Balaban J connectivity index is 2.43. The van der Waals surface area contributed by atoms with Gasteiger partial charge in [-0.1, -0.05) is 6.92 Å². The van der Waals surface area contributed by atoms with Gasteiger partial charge in [0.05, 0.1) is 6.10 Å². The molecule has 0 aliphatic heterocycles. The molecule has 0 saturated heterocycles. The molecular formula is C9H14N2O2S. The standard InChI is InChI=1S/C9H14N2O2S/c1-3-7(12)5-10-9(13)8-4-6(2)14-11-8/h4,7,12H,3,5H2,1-2H3,(H,10,13). The normalized spacial score (nSPS) is 12.5. The van der Waals surface area contributed by atoms with Gasteiger partial charge in [-0.05, 0) is 30.9 Å². The Morgan fingerprint density at radius 1 is 1.79 bits per heavy atom. The van der Waals surface area contributed by atoms with Gasteiger partial charge in [0, 0.05) is 11.4 Å². The second kappa shape index (κ2) is 5.07. The second-order valence-corrected chi connectivity index (χ2v) is 4.10. The molecule has 0 aromatic carbocycles. The van der Waals surface area contributed by atoms with Gasteiger partial charge in [0.1, 0.15) is 5.69 Å². The maximum absolute atomic E-state index is 11.4.